The molecule has 0 spiro atoms. The van der Waals surface area contributed by atoms with Crippen LogP contribution in [0.1, 0.15) is 35.3 Å². The monoisotopic (exact) mass is 436 g/mol. The van der Waals surface area contributed by atoms with E-state index < -0.39 is 0 Å². The second kappa shape index (κ2) is 10.4. The largest absolute Gasteiger partial charge is 0.489 e. The van der Waals surface area contributed by atoms with Crippen LogP contribution < -0.4 is 15.0 Å². The number of piperazine rings is 1. The van der Waals surface area contributed by atoms with Crippen LogP contribution in [0.15, 0.2) is 42.5 Å². The first-order valence-corrected chi connectivity index (χ1v) is 11.9. The van der Waals surface area contributed by atoms with Gasteiger partial charge in [-0.3, -0.25) is 9.69 Å². The molecular formula is C26H36N4O2. The summed E-state index contributed by atoms with van der Waals surface area (Å²) in [4.78, 5) is 20.1. The van der Waals surface area contributed by atoms with E-state index in [0.29, 0.717) is 18.7 Å². The number of hydrogen-bond acceptors (Lipinski definition) is 5. The molecule has 2 aromatic rings. The topological polar surface area (TPSA) is 48.0 Å². The number of nitrogens with zero attached hydrogens (tertiary/aromatic N) is 3. The molecule has 32 heavy (non-hydrogen) atoms. The van der Waals surface area contributed by atoms with Crippen LogP contribution in [0, 0.1) is 6.92 Å². The fourth-order valence-electron chi connectivity index (χ4n) is 4.55. The Morgan fingerprint density at radius 2 is 1.88 bits per heavy atom. The van der Waals surface area contributed by atoms with Gasteiger partial charge in [0.1, 0.15) is 12.4 Å². The summed E-state index contributed by atoms with van der Waals surface area (Å²) in [5, 5.41) is 3.11. The van der Waals surface area contributed by atoms with E-state index in [1.807, 2.05) is 18.2 Å². The molecule has 0 unspecified atom stereocenters. The molecule has 0 bridgehead atoms. The number of benzene rings is 2. The van der Waals surface area contributed by atoms with Crippen LogP contribution in [0.3, 0.4) is 0 Å². The quantitative estimate of drug-likeness (QED) is 0.723. The fourth-order valence-corrected chi connectivity index (χ4v) is 4.55. The highest BCUT2D eigenvalue weighted by molar-refractivity contribution is 5.95. The summed E-state index contributed by atoms with van der Waals surface area (Å²) in [6.45, 7) is 15.0. The smallest absolute Gasteiger partial charge is 0.251 e. The predicted octanol–water partition coefficient (Wildman–Crippen LogP) is 3.15. The van der Waals surface area contributed by atoms with E-state index in [0.717, 1.165) is 57.3 Å². The number of fused-ring (bicyclic) bond motifs is 1. The molecule has 2 aliphatic rings. The highest BCUT2D eigenvalue weighted by atomic mass is 16.5. The van der Waals surface area contributed by atoms with Gasteiger partial charge >= 0.3 is 0 Å². The summed E-state index contributed by atoms with van der Waals surface area (Å²) < 4.78 is 5.96. The van der Waals surface area contributed by atoms with E-state index in [1.54, 1.807) is 0 Å². The Balaban J connectivity index is 1.39. The lowest BCUT2D eigenvalue weighted by Gasteiger charge is -2.37. The molecule has 1 atom stereocenters. The van der Waals surface area contributed by atoms with Crippen molar-refractivity contribution in [1.29, 1.82) is 0 Å². The number of carbonyl (C=O) groups excluding carboxylic acids is 1. The second-order valence-electron chi connectivity index (χ2n) is 8.99. The maximum Gasteiger partial charge on any atom is 0.251 e. The van der Waals surface area contributed by atoms with Crippen molar-refractivity contribution in [1.82, 2.24) is 15.1 Å². The van der Waals surface area contributed by atoms with Gasteiger partial charge in [0.25, 0.3) is 5.91 Å². The summed E-state index contributed by atoms with van der Waals surface area (Å²) >= 11 is 0. The highest BCUT2D eigenvalue weighted by Crippen LogP contribution is 2.35. The predicted molar refractivity (Wildman–Crippen MR) is 130 cm³/mol. The number of carbonyl (C=O) groups is 1. The highest BCUT2D eigenvalue weighted by Gasteiger charge is 2.26. The van der Waals surface area contributed by atoms with Crippen molar-refractivity contribution in [3.8, 4) is 5.75 Å². The minimum absolute atomic E-state index is 0.0197. The van der Waals surface area contributed by atoms with Crippen LogP contribution in [-0.2, 0) is 6.54 Å². The maximum atomic E-state index is 12.9. The van der Waals surface area contributed by atoms with Crippen molar-refractivity contribution >= 4 is 11.6 Å². The van der Waals surface area contributed by atoms with Crippen molar-refractivity contribution in [2.24, 2.45) is 0 Å². The van der Waals surface area contributed by atoms with E-state index in [4.69, 9.17) is 4.74 Å². The summed E-state index contributed by atoms with van der Waals surface area (Å²) in [5.74, 6) is 0.829. The fraction of sp³-hybridized carbons (Fsp3) is 0.500. The van der Waals surface area contributed by atoms with Crippen LogP contribution in [0.2, 0.25) is 0 Å². The van der Waals surface area contributed by atoms with E-state index in [2.05, 4.69) is 65.1 Å². The second-order valence-corrected chi connectivity index (χ2v) is 8.99. The number of likely N-dealkylation sites (N-methyl/N-ethyl adjacent to an activating group) is 1. The van der Waals surface area contributed by atoms with E-state index >= 15 is 0 Å². The minimum atomic E-state index is -0.0197. The number of ether oxygens (including phenoxy) is 1. The average Bonchev–Trinajstić information content (AvgIpc) is 2.81. The van der Waals surface area contributed by atoms with Gasteiger partial charge in [-0.15, -0.1) is 0 Å². The molecule has 2 aliphatic heterocycles. The molecule has 172 valence electrons. The molecule has 1 saturated heterocycles. The van der Waals surface area contributed by atoms with Gasteiger partial charge in [-0.2, -0.15) is 0 Å². The number of amides is 1. The van der Waals surface area contributed by atoms with Crippen LogP contribution in [0.25, 0.3) is 0 Å². The zero-order chi connectivity index (χ0) is 22.5. The summed E-state index contributed by atoms with van der Waals surface area (Å²) in [6.07, 6.45) is 0. The number of rotatable bonds is 7. The van der Waals surface area contributed by atoms with Gasteiger partial charge < -0.3 is 19.9 Å². The lowest BCUT2D eigenvalue weighted by atomic mass is 10.1. The molecule has 2 heterocycles. The van der Waals surface area contributed by atoms with Crippen molar-refractivity contribution < 1.29 is 9.53 Å². The van der Waals surface area contributed by atoms with E-state index in [9.17, 15) is 4.79 Å². The zero-order valence-corrected chi connectivity index (χ0v) is 19.6. The normalized spacial score (nSPS) is 19.3. The van der Waals surface area contributed by atoms with Crippen LogP contribution in [0.5, 0.6) is 5.75 Å². The first-order valence-electron chi connectivity index (χ1n) is 11.9. The number of hydrogen-bond donors (Lipinski definition) is 1. The van der Waals surface area contributed by atoms with Gasteiger partial charge in [0.05, 0.1) is 11.7 Å². The van der Waals surface area contributed by atoms with Gasteiger partial charge in [-0.05, 0) is 44.2 Å². The molecule has 1 fully saturated rings. The first kappa shape index (κ1) is 22.6. The molecule has 0 radical (unpaired) electrons. The average molecular weight is 437 g/mol. The lowest BCUT2D eigenvalue weighted by Crippen LogP contribution is -2.48. The molecule has 0 saturated carbocycles. The van der Waals surface area contributed by atoms with Crippen molar-refractivity contribution in [3.63, 3.8) is 0 Å². The van der Waals surface area contributed by atoms with Crippen molar-refractivity contribution in [3.05, 3.63) is 59.2 Å². The molecule has 6 heteroatoms. The van der Waals surface area contributed by atoms with Gasteiger partial charge in [-0.1, -0.05) is 36.8 Å². The lowest BCUT2D eigenvalue weighted by molar-refractivity contribution is 0.0937. The van der Waals surface area contributed by atoms with Crippen LogP contribution in [0.4, 0.5) is 5.69 Å². The van der Waals surface area contributed by atoms with Gasteiger partial charge in [0.15, 0.2) is 0 Å². The Bertz CT molecular complexity index is 924. The molecule has 4 rings (SSSR count). The van der Waals surface area contributed by atoms with E-state index in [-0.39, 0.29) is 11.9 Å². The molecule has 0 aromatic heterocycles. The Labute approximate surface area is 192 Å². The summed E-state index contributed by atoms with van der Waals surface area (Å²) in [6, 6.07) is 14.6. The van der Waals surface area contributed by atoms with Crippen LogP contribution in [-0.4, -0.2) is 74.2 Å². The molecule has 1 N–H and O–H groups in total. The Morgan fingerprint density at radius 3 is 2.62 bits per heavy atom. The minimum Gasteiger partial charge on any atom is -0.489 e. The van der Waals surface area contributed by atoms with Crippen molar-refractivity contribution in [2.75, 3.05) is 57.3 Å². The Hall–Kier alpha value is -2.57. The molecule has 0 aliphatic carbocycles. The van der Waals surface area contributed by atoms with Gasteiger partial charge in [0, 0.05) is 51.4 Å². The zero-order valence-electron chi connectivity index (χ0n) is 19.6. The molecule has 1 amide bonds. The third-order valence-corrected chi connectivity index (χ3v) is 6.60. The van der Waals surface area contributed by atoms with Gasteiger partial charge in [0.2, 0.25) is 0 Å². The number of anilines is 1. The molecule has 2 aromatic carbocycles. The Morgan fingerprint density at radius 1 is 1.09 bits per heavy atom. The first-order chi connectivity index (χ1) is 15.5. The third-order valence-electron chi connectivity index (χ3n) is 6.60. The third kappa shape index (κ3) is 5.43. The van der Waals surface area contributed by atoms with E-state index in [1.165, 1.54) is 11.1 Å². The number of nitrogens with one attached hydrogen (secondary N) is 1. The van der Waals surface area contributed by atoms with Crippen molar-refractivity contribution in [2.45, 2.75) is 33.4 Å². The van der Waals surface area contributed by atoms with Gasteiger partial charge in [-0.25, -0.2) is 0 Å². The Kier molecular flexibility index (Phi) is 7.33. The SMILES string of the molecule is CCN1CCN(CCNC(=O)c2ccc3c(c2)N(Cc2cccc(C)c2)[C@H](C)CO3)CC1. The molecular weight excluding hydrogens is 400 g/mol. The molecule has 6 nitrogen and oxygen atoms in total. The summed E-state index contributed by atoms with van der Waals surface area (Å²) in [7, 11) is 0. The maximum absolute atomic E-state index is 12.9. The summed E-state index contributed by atoms with van der Waals surface area (Å²) in [5.41, 5.74) is 4.20. The van der Waals surface area contributed by atoms with Crippen LogP contribution >= 0.6 is 0 Å². The standard InChI is InChI=1S/C26H36N4O2/c1-4-28-12-14-29(15-13-28)11-10-27-26(31)23-8-9-25-24(17-23)30(21(3)19-32-25)18-22-7-5-6-20(2)16-22/h5-9,16-17,21H,4,10-15,18-19H2,1-3H3,(H,27,31)/t21-/m1/s1. The number of aryl methyl sites for hydroxylation is 1.